The van der Waals surface area contributed by atoms with Crippen LogP contribution in [0, 0.1) is 0 Å². The first-order valence-electron chi connectivity index (χ1n) is 14.1. The highest BCUT2D eigenvalue weighted by Gasteiger charge is 2.35. The molecule has 0 bridgehead atoms. The normalized spacial score (nSPS) is 14.1. The lowest BCUT2D eigenvalue weighted by molar-refractivity contribution is -0.127. The fraction of sp³-hybridized carbons (Fsp3) is 0.333. The maximum Gasteiger partial charge on any atom is 0.393 e. The average Bonchev–Trinajstić information content (AvgIpc) is 2.94. The summed E-state index contributed by atoms with van der Waals surface area (Å²) in [5, 5.41) is 0. The maximum atomic E-state index is 13.7. The van der Waals surface area contributed by atoms with Crippen LogP contribution in [-0.2, 0) is 18.3 Å². The van der Waals surface area contributed by atoms with E-state index >= 15 is 0 Å². The lowest BCUT2D eigenvalue weighted by atomic mass is 9.68. The first kappa shape index (κ1) is 38.4. The minimum Gasteiger partial charge on any atom is -0.326 e. The zero-order valence-corrected chi connectivity index (χ0v) is 25.4. The Kier molecular flexibility index (Phi) is 15.3. The van der Waals surface area contributed by atoms with E-state index in [2.05, 4.69) is 26.3 Å². The van der Waals surface area contributed by atoms with Crippen LogP contribution in [0.2, 0.25) is 0 Å². The highest BCUT2D eigenvalue weighted by molar-refractivity contribution is 5.45. The number of halogens is 7. The van der Waals surface area contributed by atoms with Gasteiger partial charge in [0.2, 0.25) is 12.3 Å². The van der Waals surface area contributed by atoms with E-state index < -0.39 is 36.8 Å². The summed E-state index contributed by atoms with van der Waals surface area (Å²) in [5.41, 5.74) is 8.69. The second-order valence-electron chi connectivity index (χ2n) is 10.5. The maximum absolute atomic E-state index is 13.7. The Bertz CT molecular complexity index is 1250. The second kappa shape index (κ2) is 17.6. The van der Waals surface area contributed by atoms with E-state index in [0.717, 1.165) is 18.1 Å². The van der Waals surface area contributed by atoms with Gasteiger partial charge >= 0.3 is 6.18 Å². The van der Waals surface area contributed by atoms with Crippen molar-refractivity contribution in [2.24, 2.45) is 5.73 Å². The first-order chi connectivity index (χ1) is 20.6. The summed E-state index contributed by atoms with van der Waals surface area (Å²) in [6.45, 7) is 17.5. The Morgan fingerprint density at radius 2 is 1.34 bits per heavy atom. The third-order valence-corrected chi connectivity index (χ3v) is 7.08. The smallest absolute Gasteiger partial charge is 0.326 e. The van der Waals surface area contributed by atoms with Crippen LogP contribution in [0.3, 0.4) is 0 Å². The summed E-state index contributed by atoms with van der Waals surface area (Å²) >= 11 is 0. The Hall–Kier alpha value is -3.65. The topological polar surface area (TPSA) is 26.0 Å². The number of benzene rings is 2. The zero-order valence-electron chi connectivity index (χ0n) is 25.4. The largest absolute Gasteiger partial charge is 0.393 e. The summed E-state index contributed by atoms with van der Waals surface area (Å²) in [4.78, 5) is 0. The van der Waals surface area contributed by atoms with Crippen molar-refractivity contribution in [3.8, 4) is 0 Å². The van der Waals surface area contributed by atoms with E-state index in [1.807, 2.05) is 13.0 Å². The second-order valence-corrected chi connectivity index (χ2v) is 10.5. The summed E-state index contributed by atoms with van der Waals surface area (Å²) < 4.78 is 90.4. The molecule has 0 aromatic heterocycles. The van der Waals surface area contributed by atoms with Crippen molar-refractivity contribution in [2.45, 2.75) is 69.9 Å². The molecule has 0 aliphatic carbocycles. The minimum absolute atomic E-state index is 0.164. The van der Waals surface area contributed by atoms with Gasteiger partial charge in [-0.25, -0.2) is 17.6 Å². The SMILES string of the molecule is C=C/C(CN)=C(\C=C)CC(F)F.C=C/C=C(\C=C)CC(CC)(c1cccc(CC(C)(F)F)c1)c1cccc(CC(F)(F)F)c1. The summed E-state index contributed by atoms with van der Waals surface area (Å²) in [5.74, 6) is -2.87. The lowest BCUT2D eigenvalue weighted by Gasteiger charge is -2.36. The molecule has 2 aromatic carbocycles. The van der Waals surface area contributed by atoms with Crippen molar-refractivity contribution in [2.75, 3.05) is 6.54 Å². The molecule has 0 aliphatic rings. The molecule has 1 nitrogen and oxygen atoms in total. The standard InChI is InChI=1S/C27H29F5.C9H13F2N/c1-5-10-20(6-2)18-26(7-3,23-13-8-11-21(15-23)17-25(4,28)29)24-14-9-12-22(16-24)19-27(30,31)32;1-3-7(5-9(10)11)8(4-2)6-12/h5-6,8-16H,1-2,7,17-19H2,3-4H3;3-4,9H,1-2,5-6,12H2/b20-10+;8-7-. The monoisotopic (exact) mass is 621 g/mol. The van der Waals surface area contributed by atoms with E-state index in [4.69, 9.17) is 5.73 Å². The van der Waals surface area contributed by atoms with Crippen molar-refractivity contribution in [3.05, 3.63) is 144 Å². The third-order valence-electron chi connectivity index (χ3n) is 7.08. The van der Waals surface area contributed by atoms with Gasteiger partial charge in [-0.2, -0.15) is 13.2 Å². The Morgan fingerprint density at radius 3 is 1.70 bits per heavy atom. The molecule has 8 heteroatoms. The summed E-state index contributed by atoms with van der Waals surface area (Å²) in [6.07, 6.45) is 0.580. The van der Waals surface area contributed by atoms with Gasteiger partial charge in [0.25, 0.3) is 0 Å². The van der Waals surface area contributed by atoms with Crippen molar-refractivity contribution in [1.82, 2.24) is 0 Å². The van der Waals surface area contributed by atoms with Crippen molar-refractivity contribution < 1.29 is 30.7 Å². The molecule has 2 rings (SSSR count). The number of rotatable bonds is 15. The number of hydrogen-bond acceptors (Lipinski definition) is 1. The molecule has 0 amide bonds. The van der Waals surface area contributed by atoms with Gasteiger partial charge in [0.05, 0.1) is 6.42 Å². The quantitative estimate of drug-likeness (QED) is 0.155. The summed E-state index contributed by atoms with van der Waals surface area (Å²) in [6, 6.07) is 13.4. The van der Waals surface area contributed by atoms with Crippen LogP contribution >= 0.6 is 0 Å². The van der Waals surface area contributed by atoms with Crippen LogP contribution in [0.15, 0.2) is 122 Å². The molecule has 0 saturated heterocycles. The predicted molar refractivity (Wildman–Crippen MR) is 168 cm³/mol. The fourth-order valence-electron chi connectivity index (χ4n) is 5.01. The van der Waals surface area contributed by atoms with Gasteiger partial charge < -0.3 is 5.73 Å². The first-order valence-corrected chi connectivity index (χ1v) is 14.1. The third kappa shape index (κ3) is 12.5. The van der Waals surface area contributed by atoms with Gasteiger partial charge in [0, 0.05) is 24.8 Å². The van der Waals surface area contributed by atoms with E-state index in [1.165, 1.54) is 18.2 Å². The van der Waals surface area contributed by atoms with Gasteiger partial charge in [-0.3, -0.25) is 0 Å². The number of allylic oxidation sites excluding steroid dienone is 6. The molecule has 2 aromatic rings. The highest BCUT2D eigenvalue weighted by Crippen LogP contribution is 2.42. The molecule has 0 heterocycles. The molecule has 2 N–H and O–H groups in total. The fourth-order valence-corrected chi connectivity index (χ4v) is 5.01. The molecule has 0 spiro atoms. The predicted octanol–water partition coefficient (Wildman–Crippen LogP) is 10.6. The number of nitrogens with two attached hydrogens (primary N) is 1. The molecular formula is C36H42F7N. The minimum atomic E-state index is -4.32. The molecule has 44 heavy (non-hydrogen) atoms. The van der Waals surface area contributed by atoms with Crippen LogP contribution in [0.5, 0.6) is 0 Å². The van der Waals surface area contributed by atoms with Gasteiger partial charge in [-0.05, 0) is 58.7 Å². The van der Waals surface area contributed by atoms with Gasteiger partial charge in [0.1, 0.15) is 0 Å². The Labute approximate surface area is 257 Å². The van der Waals surface area contributed by atoms with Crippen LogP contribution in [-0.4, -0.2) is 25.1 Å². The van der Waals surface area contributed by atoms with E-state index in [9.17, 15) is 30.7 Å². The highest BCUT2D eigenvalue weighted by atomic mass is 19.4. The number of hydrogen-bond donors (Lipinski definition) is 1. The zero-order chi connectivity index (χ0) is 33.6. The van der Waals surface area contributed by atoms with E-state index in [1.54, 1.807) is 54.6 Å². The Balaban J connectivity index is 0.000000681. The molecule has 0 aliphatic heterocycles. The lowest BCUT2D eigenvalue weighted by Crippen LogP contribution is -2.28. The Morgan fingerprint density at radius 1 is 0.818 bits per heavy atom. The van der Waals surface area contributed by atoms with Crippen LogP contribution in [0.1, 0.15) is 55.4 Å². The van der Waals surface area contributed by atoms with Crippen molar-refractivity contribution in [1.29, 1.82) is 0 Å². The summed E-state index contributed by atoms with van der Waals surface area (Å²) in [7, 11) is 0. The average molecular weight is 622 g/mol. The number of alkyl halides is 7. The van der Waals surface area contributed by atoms with Gasteiger partial charge in [0.15, 0.2) is 0 Å². The van der Waals surface area contributed by atoms with Crippen LogP contribution in [0.4, 0.5) is 30.7 Å². The molecule has 0 radical (unpaired) electrons. The van der Waals surface area contributed by atoms with Crippen molar-refractivity contribution in [3.63, 3.8) is 0 Å². The molecular weight excluding hydrogens is 579 g/mol. The molecule has 1 unspecified atom stereocenters. The molecule has 240 valence electrons. The van der Waals surface area contributed by atoms with Gasteiger partial charge in [-0.15, -0.1) is 0 Å². The van der Waals surface area contributed by atoms with Crippen LogP contribution < -0.4 is 5.73 Å². The van der Waals surface area contributed by atoms with E-state index in [0.29, 0.717) is 35.1 Å². The van der Waals surface area contributed by atoms with Crippen molar-refractivity contribution >= 4 is 0 Å². The molecule has 1 atom stereocenters. The van der Waals surface area contributed by atoms with E-state index in [-0.39, 0.29) is 18.5 Å². The van der Waals surface area contributed by atoms with Gasteiger partial charge in [-0.1, -0.05) is 112 Å². The molecule has 0 saturated carbocycles. The van der Waals surface area contributed by atoms with Crippen LogP contribution in [0.25, 0.3) is 0 Å². The molecule has 0 fully saturated rings.